The maximum Gasteiger partial charge on any atom is 0.475 e. The molecule has 12 nitrogen and oxygen atoms in total. The number of phosphoric ester groups is 1. The lowest BCUT2D eigenvalue weighted by Gasteiger charge is -2.31. The van der Waals surface area contributed by atoms with Crippen LogP contribution in [-0.4, -0.2) is 51.6 Å². The van der Waals surface area contributed by atoms with E-state index in [1.807, 2.05) is 0 Å². The fourth-order valence-corrected chi connectivity index (χ4v) is 5.70. The van der Waals surface area contributed by atoms with Gasteiger partial charge < -0.3 is 20.3 Å². The lowest BCUT2D eigenvalue weighted by Crippen LogP contribution is -2.49. The van der Waals surface area contributed by atoms with E-state index >= 15 is 0 Å². The second-order valence-corrected chi connectivity index (χ2v) is 11.4. The van der Waals surface area contributed by atoms with Crippen LogP contribution in [0.3, 0.4) is 0 Å². The van der Waals surface area contributed by atoms with Crippen molar-refractivity contribution in [1.29, 1.82) is 0 Å². The second-order valence-electron chi connectivity index (χ2n) is 9.32. The normalized spacial score (nSPS) is 31.9. The summed E-state index contributed by atoms with van der Waals surface area (Å²) in [5.74, 6) is -1.14. The van der Waals surface area contributed by atoms with Crippen LogP contribution in [-0.2, 0) is 32.4 Å². The van der Waals surface area contributed by atoms with Crippen molar-refractivity contribution in [1.82, 2.24) is 9.55 Å². The molecule has 1 aromatic carbocycles. The summed E-state index contributed by atoms with van der Waals surface area (Å²) in [5.41, 5.74) is 3.60. The van der Waals surface area contributed by atoms with Gasteiger partial charge in [-0.15, -0.1) is 0 Å². The number of carbonyl (C=O) groups excluding carboxylic acids is 1. The Balaban J connectivity index is 1.55. The summed E-state index contributed by atoms with van der Waals surface area (Å²) >= 11 is 6.07. The van der Waals surface area contributed by atoms with Crippen molar-refractivity contribution in [3.05, 3.63) is 57.6 Å². The van der Waals surface area contributed by atoms with E-state index in [-0.39, 0.29) is 12.4 Å². The lowest BCUT2D eigenvalue weighted by molar-refractivity contribution is -0.167. The number of halogens is 1. The third kappa shape index (κ3) is 6.06. The van der Waals surface area contributed by atoms with Gasteiger partial charge >= 0.3 is 19.5 Å². The average Bonchev–Trinajstić information content (AvgIpc) is 3.07. The molecule has 0 saturated carbocycles. The van der Waals surface area contributed by atoms with E-state index in [1.54, 1.807) is 38.1 Å². The number of anilines is 1. The Labute approximate surface area is 218 Å². The molecule has 6 atom stereocenters. The molecule has 1 unspecified atom stereocenters. The predicted octanol–water partition coefficient (Wildman–Crippen LogP) is 3.00. The SMILES string of the molecule is CC(C)C(=O)O[C@@H]1[C@@H](COP2(=O)OCC[C@@H](c3cccc(Cl)c3)O2)O[C@@H](n2ccc(N)nc2=O)[C@]1(C)O. The molecular formula is C23H29ClN3O9P. The molecule has 0 radical (unpaired) electrons. The third-order valence-electron chi connectivity index (χ3n) is 6.04. The van der Waals surface area contributed by atoms with Crippen molar-refractivity contribution >= 4 is 31.2 Å². The summed E-state index contributed by atoms with van der Waals surface area (Å²) < 4.78 is 42.4. The van der Waals surface area contributed by atoms with Crippen LogP contribution in [0.25, 0.3) is 0 Å². The molecule has 3 heterocycles. The number of esters is 1. The molecule has 2 aromatic rings. The van der Waals surface area contributed by atoms with Crippen molar-refractivity contribution < 1.29 is 37.5 Å². The van der Waals surface area contributed by atoms with Crippen molar-refractivity contribution in [2.75, 3.05) is 18.9 Å². The van der Waals surface area contributed by atoms with Crippen LogP contribution in [0, 0.1) is 5.92 Å². The number of hydrogen-bond donors (Lipinski definition) is 2. The van der Waals surface area contributed by atoms with Gasteiger partial charge in [-0.2, -0.15) is 4.98 Å². The van der Waals surface area contributed by atoms with Crippen LogP contribution in [0.2, 0.25) is 5.02 Å². The molecule has 0 spiro atoms. The Kier molecular flexibility index (Phi) is 8.10. The smallest absolute Gasteiger partial charge is 0.456 e. The number of phosphoric acid groups is 1. The van der Waals surface area contributed by atoms with Crippen molar-refractivity contribution in [2.24, 2.45) is 5.92 Å². The van der Waals surface area contributed by atoms with E-state index in [0.717, 1.165) is 4.57 Å². The first-order valence-electron chi connectivity index (χ1n) is 11.7. The van der Waals surface area contributed by atoms with Gasteiger partial charge in [0.15, 0.2) is 12.3 Å². The summed E-state index contributed by atoms with van der Waals surface area (Å²) in [6.07, 6.45) is -2.62. The number of carbonyl (C=O) groups is 1. The van der Waals surface area contributed by atoms with Crippen LogP contribution in [0.4, 0.5) is 5.82 Å². The van der Waals surface area contributed by atoms with Gasteiger partial charge in [-0.25, -0.2) is 9.36 Å². The van der Waals surface area contributed by atoms with Crippen LogP contribution < -0.4 is 11.4 Å². The molecule has 2 aliphatic heterocycles. The lowest BCUT2D eigenvalue weighted by atomic mass is 9.96. The van der Waals surface area contributed by atoms with Crippen LogP contribution in [0.1, 0.15) is 45.1 Å². The Bertz CT molecular complexity index is 1250. The van der Waals surface area contributed by atoms with E-state index in [4.69, 9.17) is 40.4 Å². The second kappa shape index (κ2) is 10.8. The van der Waals surface area contributed by atoms with Gasteiger partial charge in [0.1, 0.15) is 17.5 Å². The molecule has 0 aliphatic carbocycles. The molecule has 14 heteroatoms. The molecule has 1 aromatic heterocycles. The highest BCUT2D eigenvalue weighted by molar-refractivity contribution is 7.48. The van der Waals surface area contributed by atoms with Crippen molar-refractivity contribution in [2.45, 2.75) is 57.3 Å². The number of nitrogen functional groups attached to an aromatic ring is 1. The number of nitrogens with two attached hydrogens (primary N) is 1. The quantitative estimate of drug-likeness (QED) is 0.380. The minimum absolute atomic E-state index is 0.0134. The molecule has 4 rings (SSSR count). The minimum Gasteiger partial charge on any atom is -0.456 e. The Morgan fingerprint density at radius 2 is 2.16 bits per heavy atom. The molecule has 3 N–H and O–H groups in total. The Hall–Kier alpha value is -2.31. The largest absolute Gasteiger partial charge is 0.475 e. The molecule has 2 saturated heterocycles. The number of aromatic nitrogens is 2. The zero-order valence-corrected chi connectivity index (χ0v) is 22.1. The summed E-state index contributed by atoms with van der Waals surface area (Å²) in [5, 5.41) is 11.9. The maximum atomic E-state index is 13.3. The standard InChI is InChI=1S/C23H29ClN3O9P/c1-13(2)20(28)35-19-17(34-21(23(19,3)30)27-9-7-18(25)26-22(27)29)12-33-37(31)32-10-8-16(36-37)14-5-4-6-15(24)11-14/h4-7,9,11,13,16-17,19,21,30H,8,10,12H2,1-3H3,(H2,25,26,29)/t16-,17+,19+,21+,23+,37?/m0/s1. The summed E-state index contributed by atoms with van der Waals surface area (Å²) in [4.78, 5) is 28.6. The molecular weight excluding hydrogens is 529 g/mol. The van der Waals surface area contributed by atoms with E-state index < -0.39 is 62.1 Å². The zero-order chi connectivity index (χ0) is 27.0. The van der Waals surface area contributed by atoms with Gasteiger partial charge in [0.2, 0.25) is 0 Å². The Morgan fingerprint density at radius 3 is 2.84 bits per heavy atom. The topological polar surface area (TPSA) is 161 Å². The zero-order valence-electron chi connectivity index (χ0n) is 20.5. The fourth-order valence-electron chi connectivity index (χ4n) is 4.10. The highest BCUT2D eigenvalue weighted by Crippen LogP contribution is 2.57. The van der Waals surface area contributed by atoms with Crippen LogP contribution in [0.5, 0.6) is 0 Å². The van der Waals surface area contributed by atoms with E-state index in [1.165, 1.54) is 19.2 Å². The van der Waals surface area contributed by atoms with E-state index in [0.29, 0.717) is 17.0 Å². The van der Waals surface area contributed by atoms with Gasteiger partial charge in [0.25, 0.3) is 0 Å². The predicted molar refractivity (Wildman–Crippen MR) is 132 cm³/mol. The van der Waals surface area contributed by atoms with Crippen LogP contribution >= 0.6 is 19.4 Å². The van der Waals surface area contributed by atoms with Crippen LogP contribution in [0.15, 0.2) is 41.3 Å². The van der Waals surface area contributed by atoms with E-state index in [9.17, 15) is 19.3 Å². The average molecular weight is 558 g/mol. The summed E-state index contributed by atoms with van der Waals surface area (Å²) in [7, 11) is -4.07. The van der Waals surface area contributed by atoms with Crippen molar-refractivity contribution in [3.8, 4) is 0 Å². The van der Waals surface area contributed by atoms with Gasteiger partial charge in [0.05, 0.1) is 25.2 Å². The fraction of sp³-hybridized carbons (Fsp3) is 0.522. The highest BCUT2D eigenvalue weighted by Gasteiger charge is 2.57. The first kappa shape index (κ1) is 27.7. The molecule has 2 aliphatic rings. The highest BCUT2D eigenvalue weighted by atomic mass is 35.5. The molecule has 0 bridgehead atoms. The first-order chi connectivity index (χ1) is 17.4. The maximum absolute atomic E-state index is 13.3. The number of ether oxygens (including phenoxy) is 2. The van der Waals surface area contributed by atoms with Gasteiger partial charge in [-0.3, -0.25) is 22.9 Å². The van der Waals surface area contributed by atoms with Crippen molar-refractivity contribution in [3.63, 3.8) is 0 Å². The first-order valence-corrected chi connectivity index (χ1v) is 13.5. The number of aliphatic hydroxyl groups is 1. The molecule has 37 heavy (non-hydrogen) atoms. The summed E-state index contributed by atoms with van der Waals surface area (Å²) in [6, 6.07) is 8.30. The monoisotopic (exact) mass is 557 g/mol. The summed E-state index contributed by atoms with van der Waals surface area (Å²) in [6.45, 7) is 4.26. The number of rotatable bonds is 7. The molecule has 202 valence electrons. The van der Waals surface area contributed by atoms with Gasteiger partial charge in [0, 0.05) is 17.6 Å². The number of benzene rings is 1. The molecule has 2 fully saturated rings. The number of nitrogens with zero attached hydrogens (tertiary/aromatic N) is 2. The minimum atomic E-state index is -4.07. The third-order valence-corrected chi connectivity index (χ3v) is 7.75. The number of hydrogen-bond acceptors (Lipinski definition) is 11. The van der Waals surface area contributed by atoms with Gasteiger partial charge in [-0.1, -0.05) is 37.6 Å². The van der Waals surface area contributed by atoms with Gasteiger partial charge in [-0.05, 0) is 30.7 Å². The molecule has 0 amide bonds. The van der Waals surface area contributed by atoms with E-state index in [2.05, 4.69) is 4.98 Å². The Morgan fingerprint density at radius 1 is 1.41 bits per heavy atom.